The maximum absolute atomic E-state index is 12.5. The Labute approximate surface area is 96.1 Å². The van der Waals surface area contributed by atoms with E-state index in [4.69, 9.17) is 0 Å². The highest BCUT2D eigenvalue weighted by Gasteiger charge is 2.80. The third-order valence-electron chi connectivity index (χ3n) is 1.69. The third kappa shape index (κ3) is 2.57. The molecule has 0 N–H and O–H groups in total. The smallest absolute Gasteiger partial charge is 0.449 e. The van der Waals surface area contributed by atoms with Crippen LogP contribution >= 0.6 is 0 Å². The van der Waals surface area contributed by atoms with Gasteiger partial charge >= 0.3 is 29.9 Å². The van der Waals surface area contributed by atoms with Gasteiger partial charge in [0.05, 0.1) is 7.11 Å². The van der Waals surface area contributed by atoms with Crippen molar-refractivity contribution < 1.29 is 45.4 Å². The number of hydrogen-bond donors (Lipinski definition) is 0. The fourth-order valence-corrected chi connectivity index (χ4v) is 0.886. The predicted molar refractivity (Wildman–Crippen MR) is 43.1 cm³/mol. The van der Waals surface area contributed by atoms with Crippen LogP contribution in [0.1, 0.15) is 0 Å². The first kappa shape index (κ1) is 16.3. The molecule has 0 aromatic heterocycles. The highest BCUT2D eigenvalue weighted by Crippen LogP contribution is 2.46. The van der Waals surface area contributed by atoms with Crippen molar-refractivity contribution in [2.45, 2.75) is 18.0 Å². The summed E-state index contributed by atoms with van der Waals surface area (Å²) in [5.74, 6) is -4.88. The summed E-state index contributed by atoms with van der Waals surface area (Å²) < 4.78 is 81.4. The number of carbonyl (C=O) groups is 2. The number of carbonyl (C=O) groups excluding carboxylic acids is 2. The van der Waals surface area contributed by atoms with Crippen LogP contribution in [-0.4, -0.2) is 37.0 Å². The molecule has 0 aliphatic carbocycles. The Morgan fingerprint density at radius 2 is 1.44 bits per heavy atom. The highest BCUT2D eigenvalue weighted by molar-refractivity contribution is 5.89. The fourth-order valence-electron chi connectivity index (χ4n) is 0.886. The molecule has 10 heteroatoms. The Hall–Kier alpha value is -1.74. The van der Waals surface area contributed by atoms with E-state index in [1.807, 2.05) is 0 Å². The largest absolute Gasteiger partial charge is 0.466 e. The first-order chi connectivity index (χ1) is 7.94. The number of rotatable bonds is 3. The Morgan fingerprint density at radius 1 is 1.06 bits per heavy atom. The van der Waals surface area contributed by atoms with Crippen molar-refractivity contribution in [2.75, 3.05) is 7.11 Å². The van der Waals surface area contributed by atoms with E-state index in [1.54, 1.807) is 0 Å². The number of methoxy groups -OCH3 is 1. The van der Waals surface area contributed by atoms with E-state index in [0.29, 0.717) is 0 Å². The lowest BCUT2D eigenvalue weighted by atomic mass is 10.0. The fraction of sp³-hybridized carbons (Fsp3) is 0.500. The van der Waals surface area contributed by atoms with Crippen LogP contribution in [0.2, 0.25) is 0 Å². The Kier molecular flexibility index (Phi) is 4.39. The number of hydrogen-bond acceptors (Lipinski definition) is 4. The summed E-state index contributed by atoms with van der Waals surface area (Å²) in [5.41, 5.74) is -5.37. The maximum Gasteiger partial charge on any atom is 0.449 e. The zero-order valence-electron chi connectivity index (χ0n) is 8.69. The van der Waals surface area contributed by atoms with E-state index >= 15 is 0 Å². The first-order valence-corrected chi connectivity index (χ1v) is 4.01. The van der Waals surface area contributed by atoms with Gasteiger partial charge in [0.25, 0.3) is 0 Å². The summed E-state index contributed by atoms with van der Waals surface area (Å²) >= 11 is 0. The van der Waals surface area contributed by atoms with Crippen molar-refractivity contribution in [3.8, 4) is 0 Å². The standard InChI is InChI=1S/C8H6F6O4/c1-3-4(15)18-6(5(16)17-2,7(9,10)11)8(12,13)14/h3H,1H2,2H3. The number of ether oxygens (including phenoxy) is 2. The normalized spacial score (nSPS) is 12.8. The molecule has 104 valence electrons. The summed E-state index contributed by atoms with van der Waals surface area (Å²) in [5, 5.41) is 0. The molecule has 0 aromatic carbocycles. The molecule has 4 nitrogen and oxygen atoms in total. The first-order valence-electron chi connectivity index (χ1n) is 4.01. The van der Waals surface area contributed by atoms with Crippen LogP contribution < -0.4 is 0 Å². The number of esters is 2. The lowest BCUT2D eigenvalue weighted by Gasteiger charge is -2.33. The third-order valence-corrected chi connectivity index (χ3v) is 1.69. The molecule has 0 saturated carbocycles. The molecule has 0 radical (unpaired) electrons. The van der Waals surface area contributed by atoms with Gasteiger partial charge in [-0.05, 0) is 0 Å². The second-order valence-corrected chi connectivity index (χ2v) is 2.79. The van der Waals surface area contributed by atoms with Crippen LogP contribution in [0, 0.1) is 0 Å². The molecule has 0 unspecified atom stereocenters. The minimum atomic E-state index is -6.24. The quantitative estimate of drug-likeness (QED) is 0.449. The molecule has 0 spiro atoms. The lowest BCUT2D eigenvalue weighted by Crippen LogP contribution is -2.65. The van der Waals surface area contributed by atoms with Crippen LogP contribution in [0.15, 0.2) is 12.7 Å². The van der Waals surface area contributed by atoms with Gasteiger partial charge in [0.2, 0.25) is 0 Å². The molecule has 0 fully saturated rings. The average molecular weight is 280 g/mol. The van der Waals surface area contributed by atoms with E-state index in [1.165, 1.54) is 0 Å². The minimum Gasteiger partial charge on any atom is -0.466 e. The van der Waals surface area contributed by atoms with E-state index in [0.717, 1.165) is 0 Å². The van der Waals surface area contributed by atoms with Crippen LogP contribution in [-0.2, 0) is 19.1 Å². The zero-order chi connectivity index (χ0) is 14.8. The molecule has 0 aromatic rings. The second kappa shape index (κ2) is 4.86. The topological polar surface area (TPSA) is 52.6 Å². The van der Waals surface area contributed by atoms with Gasteiger partial charge in [-0.3, -0.25) is 0 Å². The Morgan fingerprint density at radius 3 is 1.67 bits per heavy atom. The molecule has 0 rings (SSSR count). The summed E-state index contributed by atoms with van der Waals surface area (Å²) in [4.78, 5) is 21.4. The second-order valence-electron chi connectivity index (χ2n) is 2.79. The van der Waals surface area contributed by atoms with Gasteiger partial charge in [-0.2, -0.15) is 26.3 Å². The summed E-state index contributed by atoms with van der Waals surface area (Å²) in [7, 11) is 0.288. The van der Waals surface area contributed by atoms with Crippen molar-refractivity contribution in [1.29, 1.82) is 0 Å². The molecular formula is C8H6F6O4. The van der Waals surface area contributed by atoms with Crippen molar-refractivity contribution in [3.63, 3.8) is 0 Å². The molecule has 0 amide bonds. The van der Waals surface area contributed by atoms with Gasteiger partial charge in [-0.1, -0.05) is 6.58 Å². The van der Waals surface area contributed by atoms with E-state index < -0.39 is 29.9 Å². The van der Waals surface area contributed by atoms with Crippen molar-refractivity contribution in [2.24, 2.45) is 0 Å². The van der Waals surface area contributed by atoms with Crippen LogP contribution in [0.4, 0.5) is 26.3 Å². The van der Waals surface area contributed by atoms with Crippen LogP contribution in [0.25, 0.3) is 0 Å². The predicted octanol–water partition coefficient (Wildman–Crippen LogP) is 1.75. The minimum absolute atomic E-state index is 0.0508. The molecule has 18 heavy (non-hydrogen) atoms. The van der Waals surface area contributed by atoms with Gasteiger partial charge in [0, 0.05) is 6.08 Å². The molecule has 0 atom stereocenters. The van der Waals surface area contributed by atoms with Gasteiger partial charge in [-0.25, -0.2) is 9.59 Å². The van der Waals surface area contributed by atoms with E-state index in [9.17, 15) is 35.9 Å². The highest BCUT2D eigenvalue weighted by atomic mass is 19.4. The van der Waals surface area contributed by atoms with E-state index in [-0.39, 0.29) is 13.2 Å². The summed E-state index contributed by atoms with van der Waals surface area (Å²) in [6.45, 7) is 2.63. The number of halogens is 6. The van der Waals surface area contributed by atoms with Gasteiger partial charge < -0.3 is 9.47 Å². The zero-order valence-corrected chi connectivity index (χ0v) is 8.69. The lowest BCUT2D eigenvalue weighted by molar-refractivity contribution is -0.357. The van der Waals surface area contributed by atoms with Crippen LogP contribution in [0.5, 0.6) is 0 Å². The molecule has 0 bridgehead atoms. The van der Waals surface area contributed by atoms with Gasteiger partial charge in [-0.15, -0.1) is 0 Å². The monoisotopic (exact) mass is 280 g/mol. The van der Waals surface area contributed by atoms with Gasteiger partial charge in [0.15, 0.2) is 0 Å². The molecule has 0 heterocycles. The van der Waals surface area contributed by atoms with E-state index in [2.05, 4.69) is 16.1 Å². The number of alkyl halides is 6. The van der Waals surface area contributed by atoms with Crippen molar-refractivity contribution >= 4 is 11.9 Å². The molecule has 0 aliphatic rings. The average Bonchev–Trinajstić information content (AvgIpc) is 2.20. The maximum atomic E-state index is 12.5. The summed E-state index contributed by atoms with van der Waals surface area (Å²) in [6.07, 6.45) is -12.4. The molecule has 0 saturated heterocycles. The summed E-state index contributed by atoms with van der Waals surface area (Å²) in [6, 6.07) is 0. The van der Waals surface area contributed by atoms with Gasteiger partial charge in [0.1, 0.15) is 0 Å². The Bertz CT molecular complexity index is 342. The molecule has 0 aliphatic heterocycles. The van der Waals surface area contributed by atoms with Crippen LogP contribution in [0.3, 0.4) is 0 Å². The molecular weight excluding hydrogens is 274 g/mol. The SMILES string of the molecule is C=CC(=O)OC(C(=O)OC)(C(F)(F)F)C(F)(F)F. The Balaban J connectivity index is 5.97. The van der Waals surface area contributed by atoms with Crippen molar-refractivity contribution in [3.05, 3.63) is 12.7 Å². The van der Waals surface area contributed by atoms with Crippen molar-refractivity contribution in [1.82, 2.24) is 0 Å².